The van der Waals surface area contributed by atoms with Crippen molar-refractivity contribution in [2.24, 2.45) is 0 Å². The van der Waals surface area contributed by atoms with Gasteiger partial charge in [-0.2, -0.15) is 0 Å². The second-order valence-corrected chi connectivity index (χ2v) is 4.92. The van der Waals surface area contributed by atoms with Crippen molar-refractivity contribution in [1.29, 1.82) is 0 Å². The molecule has 0 radical (unpaired) electrons. The third kappa shape index (κ3) is 1.67. The molecule has 1 aromatic carbocycles. The van der Waals surface area contributed by atoms with E-state index in [0.29, 0.717) is 16.6 Å². The molecule has 4 aromatic rings. The molecule has 3 heterocycles. The van der Waals surface area contributed by atoms with E-state index in [-0.39, 0.29) is 5.56 Å². The maximum Gasteiger partial charge on any atom is 0.280 e. The lowest BCUT2D eigenvalue weighted by Crippen LogP contribution is -2.15. The smallest absolute Gasteiger partial charge is 0.280 e. The minimum atomic E-state index is -0.0964. The van der Waals surface area contributed by atoms with Crippen LogP contribution in [0.4, 0.5) is 0 Å². The molecule has 0 aliphatic carbocycles. The van der Waals surface area contributed by atoms with Crippen molar-refractivity contribution in [2.45, 2.75) is 6.92 Å². The van der Waals surface area contributed by atoms with Gasteiger partial charge in [0.05, 0.1) is 22.2 Å². The van der Waals surface area contributed by atoms with Gasteiger partial charge in [0.25, 0.3) is 5.56 Å². The highest BCUT2D eigenvalue weighted by Gasteiger charge is 2.15. The van der Waals surface area contributed by atoms with Crippen LogP contribution in [-0.2, 0) is 0 Å². The van der Waals surface area contributed by atoms with Crippen molar-refractivity contribution in [1.82, 2.24) is 19.6 Å². The number of para-hydroxylation sites is 1. The topological polar surface area (TPSA) is 63.0 Å². The molecule has 0 unspecified atom stereocenters. The number of nitrogens with one attached hydrogen (secondary N) is 1. The first-order valence-corrected chi connectivity index (χ1v) is 6.67. The lowest BCUT2D eigenvalue weighted by Gasteiger charge is -2.01. The van der Waals surface area contributed by atoms with Gasteiger partial charge in [-0.15, -0.1) is 0 Å². The fourth-order valence-corrected chi connectivity index (χ4v) is 2.61. The molecule has 5 heteroatoms. The molecule has 0 spiro atoms. The molecule has 0 bridgehead atoms. The molecule has 0 aliphatic heterocycles. The molecule has 0 amide bonds. The van der Waals surface area contributed by atoms with Crippen molar-refractivity contribution in [3.8, 4) is 11.3 Å². The molecule has 3 aromatic heterocycles. The highest BCUT2D eigenvalue weighted by Crippen LogP contribution is 2.25. The number of hydrogen-bond acceptors (Lipinski definition) is 3. The van der Waals surface area contributed by atoms with E-state index in [9.17, 15) is 4.79 Å². The Labute approximate surface area is 119 Å². The molecule has 0 fully saturated rings. The van der Waals surface area contributed by atoms with Crippen LogP contribution >= 0.6 is 0 Å². The second-order valence-electron chi connectivity index (χ2n) is 4.92. The van der Waals surface area contributed by atoms with Gasteiger partial charge in [0.1, 0.15) is 0 Å². The first-order valence-electron chi connectivity index (χ1n) is 6.67. The Morgan fingerprint density at radius 1 is 1.10 bits per heavy atom. The van der Waals surface area contributed by atoms with Gasteiger partial charge < -0.3 is 0 Å². The van der Waals surface area contributed by atoms with Crippen LogP contribution in [0, 0.1) is 6.92 Å². The molecule has 0 saturated carbocycles. The van der Waals surface area contributed by atoms with Gasteiger partial charge in [0.15, 0.2) is 5.65 Å². The summed E-state index contributed by atoms with van der Waals surface area (Å²) < 4.78 is 1.49. The molecule has 1 N–H and O–H groups in total. The van der Waals surface area contributed by atoms with Gasteiger partial charge in [0.2, 0.25) is 0 Å². The highest BCUT2D eigenvalue weighted by molar-refractivity contribution is 5.85. The standard InChI is InChI=1S/C16H12N4O/c1-10-14(13-8-4-5-9-17-13)15-18-12-7-3-2-6-11(12)16(21)20(15)19-10/h2-9,19H,1H3. The zero-order valence-corrected chi connectivity index (χ0v) is 11.4. The third-order valence-corrected chi connectivity index (χ3v) is 3.57. The zero-order chi connectivity index (χ0) is 14.4. The number of benzene rings is 1. The van der Waals surface area contributed by atoms with Crippen molar-refractivity contribution in [3.63, 3.8) is 0 Å². The molecule has 0 atom stereocenters. The summed E-state index contributed by atoms with van der Waals surface area (Å²) in [5, 5.41) is 3.69. The van der Waals surface area contributed by atoms with Gasteiger partial charge >= 0.3 is 0 Å². The SMILES string of the molecule is Cc1[nH]n2c(=O)c3ccccc3nc2c1-c1ccccn1. The first-order chi connectivity index (χ1) is 10.3. The van der Waals surface area contributed by atoms with Crippen molar-refractivity contribution in [2.75, 3.05) is 0 Å². The average Bonchev–Trinajstić information content (AvgIpc) is 2.85. The summed E-state index contributed by atoms with van der Waals surface area (Å²) in [6.07, 6.45) is 1.73. The monoisotopic (exact) mass is 276 g/mol. The Bertz CT molecular complexity index is 1010. The summed E-state index contributed by atoms with van der Waals surface area (Å²) in [5.41, 5.74) is 3.73. The third-order valence-electron chi connectivity index (χ3n) is 3.57. The van der Waals surface area contributed by atoms with Crippen LogP contribution < -0.4 is 5.56 Å². The molecular formula is C16H12N4O. The second kappa shape index (κ2) is 4.28. The fraction of sp³-hybridized carbons (Fsp3) is 0.0625. The summed E-state index contributed by atoms with van der Waals surface area (Å²) in [7, 11) is 0. The van der Waals surface area contributed by atoms with E-state index in [4.69, 9.17) is 0 Å². The maximum absolute atomic E-state index is 12.6. The van der Waals surface area contributed by atoms with Crippen LogP contribution in [0.2, 0.25) is 0 Å². The van der Waals surface area contributed by atoms with Gasteiger partial charge in [-0.1, -0.05) is 18.2 Å². The van der Waals surface area contributed by atoms with Gasteiger partial charge in [-0.3, -0.25) is 14.9 Å². The Balaban J connectivity index is 2.19. The number of rotatable bonds is 1. The summed E-state index contributed by atoms with van der Waals surface area (Å²) in [4.78, 5) is 21.6. The maximum atomic E-state index is 12.6. The molecule has 0 saturated heterocycles. The number of aromatic amines is 1. The Hall–Kier alpha value is -2.95. The van der Waals surface area contributed by atoms with Gasteiger partial charge in [0, 0.05) is 11.9 Å². The van der Waals surface area contributed by atoms with E-state index in [1.807, 2.05) is 43.3 Å². The van der Waals surface area contributed by atoms with Gasteiger partial charge in [-0.25, -0.2) is 9.50 Å². The predicted molar refractivity (Wildman–Crippen MR) is 81.3 cm³/mol. The Morgan fingerprint density at radius 2 is 1.90 bits per heavy atom. The summed E-state index contributed by atoms with van der Waals surface area (Å²) in [5.74, 6) is 0. The number of aromatic nitrogens is 4. The number of hydrogen-bond donors (Lipinski definition) is 1. The lowest BCUT2D eigenvalue weighted by atomic mass is 10.1. The minimum Gasteiger partial charge on any atom is -0.293 e. The predicted octanol–water partition coefficient (Wildman–Crippen LogP) is 2.55. The van der Waals surface area contributed by atoms with Crippen LogP contribution in [-0.4, -0.2) is 19.6 Å². The van der Waals surface area contributed by atoms with E-state index in [1.54, 1.807) is 12.3 Å². The van der Waals surface area contributed by atoms with Crippen molar-refractivity contribution >= 4 is 16.6 Å². The van der Waals surface area contributed by atoms with E-state index in [2.05, 4.69) is 15.1 Å². The number of aryl methyl sites for hydroxylation is 1. The van der Waals surface area contributed by atoms with Crippen LogP contribution in [0.25, 0.3) is 27.8 Å². The molecule has 4 rings (SSSR count). The molecular weight excluding hydrogens is 264 g/mol. The van der Waals surface area contributed by atoms with Crippen LogP contribution in [0.1, 0.15) is 5.69 Å². The zero-order valence-electron chi connectivity index (χ0n) is 11.4. The lowest BCUT2D eigenvalue weighted by molar-refractivity contribution is 0.895. The molecule has 0 aliphatic rings. The van der Waals surface area contributed by atoms with Crippen LogP contribution in [0.5, 0.6) is 0 Å². The largest absolute Gasteiger partial charge is 0.293 e. The van der Waals surface area contributed by atoms with E-state index < -0.39 is 0 Å². The number of pyridine rings is 1. The summed E-state index contributed by atoms with van der Waals surface area (Å²) >= 11 is 0. The summed E-state index contributed by atoms with van der Waals surface area (Å²) in [6, 6.07) is 13.1. The quantitative estimate of drug-likeness (QED) is 0.581. The van der Waals surface area contributed by atoms with Gasteiger partial charge in [-0.05, 0) is 31.2 Å². The summed E-state index contributed by atoms with van der Waals surface area (Å²) in [6.45, 7) is 1.92. The minimum absolute atomic E-state index is 0.0964. The number of nitrogens with zero attached hydrogens (tertiary/aromatic N) is 3. The molecule has 102 valence electrons. The number of fused-ring (bicyclic) bond motifs is 2. The van der Waals surface area contributed by atoms with Crippen LogP contribution in [0.15, 0.2) is 53.5 Å². The van der Waals surface area contributed by atoms with Crippen molar-refractivity contribution < 1.29 is 0 Å². The molecule has 21 heavy (non-hydrogen) atoms. The fourth-order valence-electron chi connectivity index (χ4n) is 2.61. The van der Waals surface area contributed by atoms with E-state index in [0.717, 1.165) is 17.0 Å². The first kappa shape index (κ1) is 11.8. The molecule has 5 nitrogen and oxygen atoms in total. The van der Waals surface area contributed by atoms with E-state index in [1.165, 1.54) is 4.52 Å². The average molecular weight is 276 g/mol. The van der Waals surface area contributed by atoms with Crippen LogP contribution in [0.3, 0.4) is 0 Å². The normalized spacial score (nSPS) is 11.3. The number of H-pyrrole nitrogens is 1. The van der Waals surface area contributed by atoms with E-state index >= 15 is 0 Å². The van der Waals surface area contributed by atoms with Crippen molar-refractivity contribution in [3.05, 3.63) is 64.7 Å². The Morgan fingerprint density at radius 3 is 2.71 bits per heavy atom. The highest BCUT2D eigenvalue weighted by atomic mass is 16.1. The Kier molecular flexibility index (Phi) is 2.41.